The van der Waals surface area contributed by atoms with E-state index in [0.717, 1.165) is 28.1 Å². The second-order valence-electron chi connectivity index (χ2n) is 6.31. The third-order valence-corrected chi connectivity index (χ3v) is 4.70. The van der Waals surface area contributed by atoms with Crippen molar-refractivity contribution in [2.75, 3.05) is 27.1 Å². The summed E-state index contributed by atoms with van der Waals surface area (Å²) < 4.78 is 16.3. The van der Waals surface area contributed by atoms with Gasteiger partial charge in [0.25, 0.3) is 0 Å². The Morgan fingerprint density at radius 3 is 2.34 bits per heavy atom. The fourth-order valence-corrected chi connectivity index (χ4v) is 3.25. The van der Waals surface area contributed by atoms with E-state index in [1.807, 2.05) is 48.5 Å². The van der Waals surface area contributed by atoms with Crippen molar-refractivity contribution in [3.05, 3.63) is 54.9 Å². The molecule has 0 atom stereocenters. The van der Waals surface area contributed by atoms with Crippen LogP contribution in [0.4, 0.5) is 5.82 Å². The van der Waals surface area contributed by atoms with Crippen molar-refractivity contribution >= 4 is 16.9 Å². The largest absolute Gasteiger partial charge is 0.497 e. The zero-order valence-electron chi connectivity index (χ0n) is 16.3. The summed E-state index contributed by atoms with van der Waals surface area (Å²) in [7, 11) is 4.86. The van der Waals surface area contributed by atoms with Crippen LogP contribution in [0.25, 0.3) is 33.4 Å². The highest BCUT2D eigenvalue weighted by Crippen LogP contribution is 2.40. The maximum Gasteiger partial charge on any atom is 0.165 e. The SMILES string of the molecule is COc1cccc(-c2cc(-c3ccc(OC)cc3OC)c3c(N)ncnc3n2)c1. The minimum Gasteiger partial charge on any atom is -0.497 e. The summed E-state index contributed by atoms with van der Waals surface area (Å²) in [4.78, 5) is 13.2. The number of nitrogens with two attached hydrogens (primary N) is 1. The van der Waals surface area contributed by atoms with Crippen LogP contribution in [0.15, 0.2) is 54.9 Å². The number of rotatable bonds is 5. The number of benzene rings is 2. The summed E-state index contributed by atoms with van der Waals surface area (Å²) in [6.45, 7) is 0. The summed E-state index contributed by atoms with van der Waals surface area (Å²) in [5, 5.41) is 0.669. The smallest absolute Gasteiger partial charge is 0.165 e. The lowest BCUT2D eigenvalue weighted by atomic mass is 9.98. The number of ether oxygens (including phenoxy) is 3. The Morgan fingerprint density at radius 1 is 0.793 bits per heavy atom. The average Bonchev–Trinajstić information content (AvgIpc) is 2.78. The Morgan fingerprint density at radius 2 is 1.59 bits per heavy atom. The minimum absolute atomic E-state index is 0.354. The zero-order valence-corrected chi connectivity index (χ0v) is 16.3. The molecule has 2 heterocycles. The Hall–Kier alpha value is -3.87. The van der Waals surface area contributed by atoms with Crippen molar-refractivity contribution < 1.29 is 14.2 Å². The normalized spacial score (nSPS) is 10.7. The first kappa shape index (κ1) is 18.5. The number of nitrogens with zero attached hydrogens (tertiary/aromatic N) is 3. The Labute approximate surface area is 168 Å². The molecule has 0 aliphatic rings. The lowest BCUT2D eigenvalue weighted by Gasteiger charge is -2.15. The van der Waals surface area contributed by atoms with Crippen LogP contribution < -0.4 is 19.9 Å². The fraction of sp³-hybridized carbons (Fsp3) is 0.136. The molecule has 7 heteroatoms. The van der Waals surface area contributed by atoms with Crippen LogP contribution in [0, 0.1) is 0 Å². The molecule has 0 bridgehead atoms. The molecule has 2 aromatic heterocycles. The molecule has 4 rings (SSSR count). The third kappa shape index (κ3) is 3.38. The molecular formula is C22H20N4O3. The maximum absolute atomic E-state index is 6.20. The molecule has 0 amide bonds. The quantitative estimate of drug-likeness (QED) is 0.553. The zero-order chi connectivity index (χ0) is 20.4. The molecule has 29 heavy (non-hydrogen) atoms. The number of hydrogen-bond donors (Lipinski definition) is 1. The first-order valence-electron chi connectivity index (χ1n) is 8.92. The second kappa shape index (κ2) is 7.63. The van der Waals surface area contributed by atoms with Crippen LogP contribution in [0.5, 0.6) is 17.2 Å². The Bertz CT molecular complexity index is 1190. The van der Waals surface area contributed by atoms with Gasteiger partial charge in [-0.25, -0.2) is 15.0 Å². The number of methoxy groups -OCH3 is 3. The molecule has 0 aliphatic carbocycles. The van der Waals surface area contributed by atoms with Crippen molar-refractivity contribution in [3.63, 3.8) is 0 Å². The van der Waals surface area contributed by atoms with Gasteiger partial charge in [-0.3, -0.25) is 0 Å². The van der Waals surface area contributed by atoms with E-state index in [1.165, 1.54) is 6.33 Å². The standard InChI is InChI=1S/C22H20N4O3/c1-27-14-6-4-5-13(9-14)18-11-17(20-21(23)24-12-25-22(20)26-18)16-8-7-15(28-2)10-19(16)29-3/h4-12H,1-3H3,(H2,23,24,25,26). The summed E-state index contributed by atoms with van der Waals surface area (Å²) in [5.41, 5.74) is 10.0. The van der Waals surface area contributed by atoms with Gasteiger partial charge in [0, 0.05) is 22.8 Å². The van der Waals surface area contributed by atoms with E-state index in [2.05, 4.69) is 9.97 Å². The number of nitrogen functional groups attached to an aromatic ring is 1. The van der Waals surface area contributed by atoms with Crippen molar-refractivity contribution in [1.82, 2.24) is 15.0 Å². The van der Waals surface area contributed by atoms with Gasteiger partial charge in [-0.15, -0.1) is 0 Å². The minimum atomic E-state index is 0.354. The van der Waals surface area contributed by atoms with E-state index < -0.39 is 0 Å². The van der Waals surface area contributed by atoms with Gasteiger partial charge in [-0.1, -0.05) is 12.1 Å². The van der Waals surface area contributed by atoms with Crippen LogP contribution >= 0.6 is 0 Å². The van der Waals surface area contributed by atoms with Crippen molar-refractivity contribution in [3.8, 4) is 39.6 Å². The molecule has 4 aromatic rings. The fourth-order valence-electron chi connectivity index (χ4n) is 3.25. The van der Waals surface area contributed by atoms with Gasteiger partial charge in [0.2, 0.25) is 0 Å². The molecule has 2 N–H and O–H groups in total. The first-order valence-corrected chi connectivity index (χ1v) is 8.92. The third-order valence-electron chi connectivity index (χ3n) is 4.70. The highest BCUT2D eigenvalue weighted by atomic mass is 16.5. The van der Waals surface area contributed by atoms with Crippen LogP contribution in [0.3, 0.4) is 0 Å². The molecule has 0 unspecified atom stereocenters. The molecule has 7 nitrogen and oxygen atoms in total. The Kier molecular flexibility index (Phi) is 4.87. The molecule has 2 aromatic carbocycles. The summed E-state index contributed by atoms with van der Waals surface area (Å²) in [6.07, 6.45) is 1.41. The van der Waals surface area contributed by atoms with Crippen molar-refractivity contribution in [2.24, 2.45) is 0 Å². The van der Waals surface area contributed by atoms with E-state index in [-0.39, 0.29) is 0 Å². The average molecular weight is 388 g/mol. The monoisotopic (exact) mass is 388 g/mol. The highest BCUT2D eigenvalue weighted by molar-refractivity contribution is 6.02. The Balaban J connectivity index is 2.02. The van der Waals surface area contributed by atoms with Crippen LogP contribution in [0.2, 0.25) is 0 Å². The van der Waals surface area contributed by atoms with Gasteiger partial charge in [-0.05, 0) is 30.3 Å². The van der Waals surface area contributed by atoms with Crippen LogP contribution in [-0.4, -0.2) is 36.3 Å². The lowest BCUT2D eigenvalue weighted by molar-refractivity contribution is 0.395. The predicted molar refractivity (Wildman–Crippen MR) is 112 cm³/mol. The van der Waals surface area contributed by atoms with Gasteiger partial charge in [-0.2, -0.15) is 0 Å². The summed E-state index contributed by atoms with van der Waals surface area (Å²) in [6, 6.07) is 15.3. The van der Waals surface area contributed by atoms with Gasteiger partial charge in [0.15, 0.2) is 5.65 Å². The molecule has 0 radical (unpaired) electrons. The van der Waals surface area contributed by atoms with Gasteiger partial charge in [0.05, 0.1) is 32.4 Å². The van der Waals surface area contributed by atoms with E-state index in [4.69, 9.17) is 24.9 Å². The number of pyridine rings is 1. The number of fused-ring (bicyclic) bond motifs is 1. The van der Waals surface area contributed by atoms with Crippen molar-refractivity contribution in [2.45, 2.75) is 0 Å². The van der Waals surface area contributed by atoms with E-state index in [1.54, 1.807) is 21.3 Å². The maximum atomic E-state index is 6.20. The molecule has 0 spiro atoms. The van der Waals surface area contributed by atoms with Gasteiger partial charge in [0.1, 0.15) is 29.4 Å². The molecular weight excluding hydrogens is 368 g/mol. The molecule has 0 aliphatic heterocycles. The van der Waals surface area contributed by atoms with Gasteiger partial charge >= 0.3 is 0 Å². The van der Waals surface area contributed by atoms with Crippen LogP contribution in [-0.2, 0) is 0 Å². The number of anilines is 1. The molecule has 0 saturated carbocycles. The molecule has 0 fully saturated rings. The van der Waals surface area contributed by atoms with E-state index >= 15 is 0 Å². The molecule has 0 saturated heterocycles. The van der Waals surface area contributed by atoms with Gasteiger partial charge < -0.3 is 19.9 Å². The van der Waals surface area contributed by atoms with Crippen LogP contribution in [0.1, 0.15) is 0 Å². The van der Waals surface area contributed by atoms with Crippen molar-refractivity contribution in [1.29, 1.82) is 0 Å². The predicted octanol–water partition coefficient (Wildman–Crippen LogP) is 3.97. The topological polar surface area (TPSA) is 92.4 Å². The lowest BCUT2D eigenvalue weighted by Crippen LogP contribution is -2.00. The van der Waals surface area contributed by atoms with E-state index in [9.17, 15) is 0 Å². The summed E-state index contributed by atoms with van der Waals surface area (Å²) >= 11 is 0. The second-order valence-corrected chi connectivity index (χ2v) is 6.31. The highest BCUT2D eigenvalue weighted by Gasteiger charge is 2.17. The number of aromatic nitrogens is 3. The van der Waals surface area contributed by atoms with E-state index in [0.29, 0.717) is 28.4 Å². The molecule has 146 valence electrons. The summed E-state index contributed by atoms with van der Waals surface area (Å²) in [5.74, 6) is 2.45. The number of hydrogen-bond acceptors (Lipinski definition) is 7. The first-order chi connectivity index (χ1) is 14.1.